The van der Waals surface area contributed by atoms with E-state index in [0.717, 1.165) is 13.0 Å². The molecule has 0 bridgehead atoms. The van der Waals surface area contributed by atoms with Crippen molar-refractivity contribution in [1.82, 2.24) is 15.5 Å². The van der Waals surface area contributed by atoms with E-state index < -0.39 is 0 Å². The van der Waals surface area contributed by atoms with Gasteiger partial charge in [-0.15, -0.1) is 0 Å². The highest BCUT2D eigenvalue weighted by atomic mass is 16.2. The predicted octanol–water partition coefficient (Wildman–Crippen LogP) is 0.113. The van der Waals surface area contributed by atoms with E-state index >= 15 is 0 Å². The summed E-state index contributed by atoms with van der Waals surface area (Å²) in [6.45, 7) is 1.51. The molecule has 98 valence electrons. The first-order valence-electron chi connectivity index (χ1n) is 6.31. The van der Waals surface area contributed by atoms with E-state index in [1.54, 1.807) is 19.0 Å². The number of carbonyl (C=O) groups excluding carboxylic acids is 2. The average molecular weight is 241 g/mol. The van der Waals surface area contributed by atoms with Crippen molar-refractivity contribution in [3.05, 3.63) is 0 Å². The molecule has 0 spiro atoms. The Balaban J connectivity index is 2.23. The number of piperidine rings is 1. The number of nitrogens with one attached hydrogen (secondary N) is 2. The topological polar surface area (TPSA) is 61.4 Å². The molecule has 0 aromatic carbocycles. The van der Waals surface area contributed by atoms with Crippen LogP contribution in [-0.2, 0) is 9.59 Å². The van der Waals surface area contributed by atoms with Gasteiger partial charge in [0.1, 0.15) is 0 Å². The predicted molar refractivity (Wildman–Crippen MR) is 66.6 cm³/mol. The lowest BCUT2D eigenvalue weighted by Gasteiger charge is -2.25. The molecule has 5 nitrogen and oxygen atoms in total. The first-order chi connectivity index (χ1) is 8.13. The molecule has 0 radical (unpaired) electrons. The summed E-state index contributed by atoms with van der Waals surface area (Å²) in [7, 11) is 3.37. The summed E-state index contributed by atoms with van der Waals surface area (Å²) in [6.07, 6.45) is 4.40. The second-order valence-electron chi connectivity index (χ2n) is 4.59. The van der Waals surface area contributed by atoms with Gasteiger partial charge < -0.3 is 15.5 Å². The van der Waals surface area contributed by atoms with Gasteiger partial charge in [0.05, 0.1) is 0 Å². The Labute approximate surface area is 103 Å². The van der Waals surface area contributed by atoms with Crippen LogP contribution in [-0.4, -0.2) is 49.9 Å². The van der Waals surface area contributed by atoms with E-state index in [0.29, 0.717) is 25.4 Å². The highest BCUT2D eigenvalue weighted by Crippen LogP contribution is 2.11. The van der Waals surface area contributed by atoms with Crippen LogP contribution in [0.2, 0.25) is 0 Å². The summed E-state index contributed by atoms with van der Waals surface area (Å²) in [4.78, 5) is 24.6. The molecule has 0 saturated carbocycles. The van der Waals surface area contributed by atoms with Crippen LogP contribution in [0.4, 0.5) is 0 Å². The largest absolute Gasteiger partial charge is 0.359 e. The van der Waals surface area contributed by atoms with Gasteiger partial charge in [-0.05, 0) is 19.4 Å². The van der Waals surface area contributed by atoms with Crippen LogP contribution in [0.1, 0.15) is 32.1 Å². The summed E-state index contributed by atoms with van der Waals surface area (Å²) in [5.41, 5.74) is 0. The van der Waals surface area contributed by atoms with Gasteiger partial charge >= 0.3 is 0 Å². The smallest absolute Gasteiger partial charge is 0.223 e. The van der Waals surface area contributed by atoms with E-state index in [2.05, 4.69) is 10.6 Å². The van der Waals surface area contributed by atoms with Gasteiger partial charge in [0.2, 0.25) is 11.8 Å². The maximum absolute atomic E-state index is 11.9. The van der Waals surface area contributed by atoms with Gasteiger partial charge in [-0.3, -0.25) is 9.59 Å². The molecule has 5 heteroatoms. The zero-order valence-electron chi connectivity index (χ0n) is 10.8. The second kappa shape index (κ2) is 7.27. The van der Waals surface area contributed by atoms with Gasteiger partial charge in [0, 0.05) is 39.5 Å². The fourth-order valence-electron chi connectivity index (χ4n) is 1.98. The Morgan fingerprint density at radius 2 is 2.18 bits per heavy atom. The van der Waals surface area contributed by atoms with Crippen molar-refractivity contribution >= 4 is 11.8 Å². The van der Waals surface area contributed by atoms with Crippen molar-refractivity contribution in [1.29, 1.82) is 0 Å². The van der Waals surface area contributed by atoms with Gasteiger partial charge in [-0.1, -0.05) is 6.42 Å². The highest BCUT2D eigenvalue weighted by molar-refractivity contribution is 5.79. The molecular formula is C12H23N3O2. The molecule has 1 aliphatic rings. The molecule has 0 aliphatic carbocycles. The Kier molecular flexibility index (Phi) is 5.97. The molecule has 1 saturated heterocycles. The molecule has 2 N–H and O–H groups in total. The van der Waals surface area contributed by atoms with Crippen LogP contribution in [0.25, 0.3) is 0 Å². The monoisotopic (exact) mass is 241 g/mol. The fourth-order valence-corrected chi connectivity index (χ4v) is 1.98. The third kappa shape index (κ3) is 5.17. The molecule has 0 aromatic rings. The van der Waals surface area contributed by atoms with Gasteiger partial charge in [0.15, 0.2) is 0 Å². The number of hydrogen-bond acceptors (Lipinski definition) is 3. The second-order valence-corrected chi connectivity index (χ2v) is 4.59. The Morgan fingerprint density at radius 3 is 2.76 bits per heavy atom. The summed E-state index contributed by atoms with van der Waals surface area (Å²) >= 11 is 0. The van der Waals surface area contributed by atoms with Crippen LogP contribution in [0.5, 0.6) is 0 Å². The quantitative estimate of drug-likeness (QED) is 0.718. The third-order valence-corrected chi connectivity index (χ3v) is 3.21. The van der Waals surface area contributed by atoms with Crippen LogP contribution in [0.3, 0.4) is 0 Å². The Morgan fingerprint density at radius 1 is 1.41 bits per heavy atom. The molecule has 1 heterocycles. The lowest BCUT2D eigenvalue weighted by Crippen LogP contribution is -2.40. The van der Waals surface area contributed by atoms with E-state index in [9.17, 15) is 9.59 Å². The zero-order chi connectivity index (χ0) is 12.7. The Hall–Kier alpha value is -1.10. The first kappa shape index (κ1) is 14.0. The molecule has 1 aliphatic heterocycles. The third-order valence-electron chi connectivity index (χ3n) is 3.21. The van der Waals surface area contributed by atoms with Crippen molar-refractivity contribution in [2.24, 2.45) is 0 Å². The van der Waals surface area contributed by atoms with Crippen molar-refractivity contribution in [3.8, 4) is 0 Å². The molecule has 1 rings (SSSR count). The number of rotatable bonds is 5. The number of carbonyl (C=O) groups is 2. The fraction of sp³-hybridized carbons (Fsp3) is 0.833. The molecule has 17 heavy (non-hydrogen) atoms. The molecule has 1 atom stereocenters. The number of nitrogens with zero attached hydrogens (tertiary/aromatic N) is 1. The first-order valence-corrected chi connectivity index (χ1v) is 6.31. The van der Waals surface area contributed by atoms with Crippen LogP contribution >= 0.6 is 0 Å². The number of hydrogen-bond donors (Lipinski definition) is 2. The van der Waals surface area contributed by atoms with E-state index in [-0.39, 0.29) is 11.8 Å². The lowest BCUT2D eigenvalue weighted by molar-refractivity contribution is -0.131. The minimum atomic E-state index is -0.0274. The van der Waals surface area contributed by atoms with Crippen molar-refractivity contribution in [2.45, 2.75) is 38.1 Å². The van der Waals surface area contributed by atoms with Gasteiger partial charge in [0.25, 0.3) is 0 Å². The maximum atomic E-state index is 11.9. The minimum absolute atomic E-state index is 0.0274. The van der Waals surface area contributed by atoms with Crippen LogP contribution < -0.4 is 10.6 Å². The lowest BCUT2D eigenvalue weighted by atomic mass is 10.0. The molecular weight excluding hydrogens is 218 g/mol. The van der Waals surface area contributed by atoms with Crippen LogP contribution in [0, 0.1) is 0 Å². The van der Waals surface area contributed by atoms with Crippen molar-refractivity contribution < 1.29 is 9.59 Å². The van der Waals surface area contributed by atoms with Crippen LogP contribution in [0.15, 0.2) is 0 Å². The number of amides is 2. The molecule has 1 unspecified atom stereocenters. The Bertz CT molecular complexity index is 262. The molecule has 1 fully saturated rings. The van der Waals surface area contributed by atoms with Gasteiger partial charge in [-0.25, -0.2) is 0 Å². The normalized spacial score (nSPS) is 19.8. The zero-order valence-corrected chi connectivity index (χ0v) is 10.8. The summed E-state index contributed by atoms with van der Waals surface area (Å²) in [5.74, 6) is 0.0914. The summed E-state index contributed by atoms with van der Waals surface area (Å²) in [5, 5.41) is 5.91. The molecule has 2 amide bonds. The summed E-state index contributed by atoms with van der Waals surface area (Å²) in [6, 6.07) is 0.318. The van der Waals surface area contributed by atoms with Gasteiger partial charge in [-0.2, -0.15) is 0 Å². The van der Waals surface area contributed by atoms with Crippen molar-refractivity contribution in [3.63, 3.8) is 0 Å². The summed E-state index contributed by atoms with van der Waals surface area (Å²) < 4.78 is 0. The van der Waals surface area contributed by atoms with E-state index in [1.807, 2.05) is 0 Å². The van der Waals surface area contributed by atoms with E-state index in [4.69, 9.17) is 0 Å². The minimum Gasteiger partial charge on any atom is -0.359 e. The maximum Gasteiger partial charge on any atom is 0.223 e. The average Bonchev–Trinajstić information content (AvgIpc) is 2.36. The van der Waals surface area contributed by atoms with E-state index in [1.165, 1.54) is 12.8 Å². The SMILES string of the molecule is CNC(=O)CCN(C)C(=O)CC1CCCCN1. The standard InChI is InChI=1S/C12H23N3O2/c1-13-11(16)6-8-15(2)12(17)9-10-5-3-4-7-14-10/h10,14H,3-9H2,1-2H3,(H,13,16). The highest BCUT2D eigenvalue weighted by Gasteiger charge is 2.18. The van der Waals surface area contributed by atoms with Crippen molar-refractivity contribution in [2.75, 3.05) is 27.2 Å². The molecule has 0 aromatic heterocycles.